The molecule has 7 heteroatoms. The first-order chi connectivity index (χ1) is 14.0. The van der Waals surface area contributed by atoms with Gasteiger partial charge in [0.15, 0.2) is 0 Å². The van der Waals surface area contributed by atoms with Crippen LogP contribution in [0.2, 0.25) is 0 Å². The Balaban J connectivity index is 1.59. The Labute approximate surface area is 165 Å². The molecule has 0 radical (unpaired) electrons. The molecule has 2 aromatic carbocycles. The van der Waals surface area contributed by atoms with E-state index in [9.17, 15) is 13.6 Å². The normalized spacial score (nSPS) is 18.4. The molecule has 2 heterocycles. The Morgan fingerprint density at radius 1 is 1.10 bits per heavy atom. The summed E-state index contributed by atoms with van der Waals surface area (Å²) in [4.78, 5) is 26.3. The first-order valence-corrected chi connectivity index (χ1v) is 9.30. The smallest absolute Gasteiger partial charge is 0.235 e. The lowest BCUT2D eigenvalue weighted by atomic mass is 9.94. The lowest BCUT2D eigenvalue weighted by molar-refractivity contribution is -0.120. The van der Waals surface area contributed by atoms with Gasteiger partial charge in [-0.1, -0.05) is 25.1 Å². The molecule has 1 aliphatic carbocycles. The van der Waals surface area contributed by atoms with Gasteiger partial charge < -0.3 is 0 Å². The number of hydrogen-bond acceptors (Lipinski definition) is 4. The second-order valence-corrected chi connectivity index (χ2v) is 7.23. The summed E-state index contributed by atoms with van der Waals surface area (Å²) in [6.07, 6.45) is 3.43. The third kappa shape index (κ3) is 2.81. The van der Waals surface area contributed by atoms with E-state index >= 15 is 0 Å². The van der Waals surface area contributed by atoms with Crippen molar-refractivity contribution >= 4 is 16.8 Å². The van der Waals surface area contributed by atoms with Gasteiger partial charge in [-0.2, -0.15) is 0 Å². The number of hydrogen-bond donors (Lipinski definition) is 0. The van der Waals surface area contributed by atoms with Crippen LogP contribution in [-0.4, -0.2) is 25.3 Å². The third-order valence-electron chi connectivity index (χ3n) is 5.51. The van der Waals surface area contributed by atoms with E-state index in [1.54, 1.807) is 24.0 Å². The fourth-order valence-corrected chi connectivity index (χ4v) is 3.94. The van der Waals surface area contributed by atoms with Crippen LogP contribution in [0, 0.1) is 11.6 Å². The van der Waals surface area contributed by atoms with Gasteiger partial charge in [-0.3, -0.25) is 9.36 Å². The number of aromatic nitrogens is 4. The van der Waals surface area contributed by atoms with Crippen LogP contribution >= 0.6 is 0 Å². The highest BCUT2D eigenvalue weighted by Crippen LogP contribution is 2.39. The maximum atomic E-state index is 14.2. The molecule has 0 aliphatic heterocycles. The van der Waals surface area contributed by atoms with Gasteiger partial charge in [0.1, 0.15) is 23.7 Å². The number of rotatable bonds is 3. The van der Waals surface area contributed by atoms with E-state index in [-0.39, 0.29) is 23.7 Å². The molecule has 144 valence electrons. The number of benzene rings is 2. The minimum atomic E-state index is -0.659. The lowest BCUT2D eigenvalue weighted by Crippen LogP contribution is -2.14. The molecule has 5 nitrogen and oxygen atoms in total. The van der Waals surface area contributed by atoms with Crippen molar-refractivity contribution in [1.29, 1.82) is 0 Å². The number of Topliss-reactive ketones (excluding diaryl/α,β-unsaturated/α-hetero) is 1. The Hall–Kier alpha value is -3.48. The van der Waals surface area contributed by atoms with Crippen LogP contribution < -0.4 is 0 Å². The SMILES string of the molecule is CC1C(=O)C(Cc2ccc(F)cc2F)c2nc(-n3cnc4ccccc43)ncc21. The molecule has 0 spiro atoms. The summed E-state index contributed by atoms with van der Waals surface area (Å²) < 4.78 is 29.2. The molecular formula is C22H16F2N4O. The van der Waals surface area contributed by atoms with Gasteiger partial charge in [0, 0.05) is 23.7 Å². The summed E-state index contributed by atoms with van der Waals surface area (Å²) >= 11 is 0. The van der Waals surface area contributed by atoms with Crippen LogP contribution in [0.4, 0.5) is 8.78 Å². The molecule has 0 fully saturated rings. The topological polar surface area (TPSA) is 60.7 Å². The number of ketones is 1. The number of fused-ring (bicyclic) bond motifs is 2. The zero-order valence-corrected chi connectivity index (χ0v) is 15.5. The molecule has 29 heavy (non-hydrogen) atoms. The van der Waals surface area contributed by atoms with Crippen LogP contribution in [0.3, 0.4) is 0 Å². The van der Waals surface area contributed by atoms with E-state index in [1.165, 1.54) is 12.1 Å². The van der Waals surface area contributed by atoms with Crippen molar-refractivity contribution in [3.63, 3.8) is 0 Å². The number of carbonyl (C=O) groups excluding carboxylic acids is 1. The molecule has 2 atom stereocenters. The van der Waals surface area contributed by atoms with Gasteiger partial charge in [-0.05, 0) is 30.2 Å². The Bertz CT molecular complexity index is 1270. The minimum Gasteiger partial charge on any atom is -0.298 e. The van der Waals surface area contributed by atoms with E-state index in [4.69, 9.17) is 0 Å². The summed E-state index contributed by atoms with van der Waals surface area (Å²) in [5.41, 5.74) is 3.29. The minimum absolute atomic E-state index is 0.0364. The predicted molar refractivity (Wildman–Crippen MR) is 103 cm³/mol. The Morgan fingerprint density at radius 2 is 1.93 bits per heavy atom. The van der Waals surface area contributed by atoms with Crippen LogP contribution in [-0.2, 0) is 11.2 Å². The largest absolute Gasteiger partial charge is 0.298 e. The summed E-state index contributed by atoms with van der Waals surface area (Å²) in [5.74, 6) is -1.90. The van der Waals surface area contributed by atoms with Gasteiger partial charge in [0.25, 0.3) is 0 Å². The monoisotopic (exact) mass is 390 g/mol. The van der Waals surface area contributed by atoms with Crippen molar-refractivity contribution < 1.29 is 13.6 Å². The summed E-state index contributed by atoms with van der Waals surface area (Å²) in [7, 11) is 0. The van der Waals surface area contributed by atoms with Crippen molar-refractivity contribution in [2.24, 2.45) is 0 Å². The van der Waals surface area contributed by atoms with E-state index in [2.05, 4.69) is 15.0 Å². The average Bonchev–Trinajstić information content (AvgIpc) is 3.25. The van der Waals surface area contributed by atoms with Gasteiger partial charge in [-0.15, -0.1) is 0 Å². The second kappa shape index (κ2) is 6.55. The molecule has 2 unspecified atom stereocenters. The van der Waals surface area contributed by atoms with E-state index in [0.29, 0.717) is 11.6 Å². The van der Waals surface area contributed by atoms with Gasteiger partial charge in [0.2, 0.25) is 5.95 Å². The zero-order valence-electron chi connectivity index (χ0n) is 15.5. The van der Waals surface area contributed by atoms with Crippen molar-refractivity contribution in [3.8, 4) is 5.95 Å². The second-order valence-electron chi connectivity index (χ2n) is 7.23. The molecule has 0 saturated heterocycles. The van der Waals surface area contributed by atoms with Crippen molar-refractivity contribution in [3.05, 3.63) is 83.4 Å². The van der Waals surface area contributed by atoms with Gasteiger partial charge >= 0.3 is 0 Å². The molecule has 2 aromatic heterocycles. The number of halogens is 2. The van der Waals surface area contributed by atoms with Crippen LogP contribution in [0.5, 0.6) is 0 Å². The first kappa shape index (κ1) is 17.6. The maximum absolute atomic E-state index is 14.2. The summed E-state index contributed by atoms with van der Waals surface area (Å²) in [6, 6.07) is 11.0. The van der Waals surface area contributed by atoms with Crippen molar-refractivity contribution in [1.82, 2.24) is 19.5 Å². The van der Waals surface area contributed by atoms with Crippen molar-refractivity contribution in [2.45, 2.75) is 25.2 Å². The maximum Gasteiger partial charge on any atom is 0.235 e. The first-order valence-electron chi connectivity index (χ1n) is 9.30. The molecule has 0 bridgehead atoms. The Kier molecular flexibility index (Phi) is 3.97. The highest BCUT2D eigenvalue weighted by atomic mass is 19.1. The fraction of sp³-hybridized carbons (Fsp3) is 0.182. The van der Waals surface area contributed by atoms with Crippen molar-refractivity contribution in [2.75, 3.05) is 0 Å². The molecule has 1 aliphatic rings. The quantitative estimate of drug-likeness (QED) is 0.528. The van der Waals surface area contributed by atoms with Crippen LogP contribution in [0.25, 0.3) is 17.0 Å². The molecule has 0 N–H and O–H groups in total. The van der Waals surface area contributed by atoms with Crippen LogP contribution in [0.15, 0.2) is 55.0 Å². The van der Waals surface area contributed by atoms with E-state index < -0.39 is 17.6 Å². The molecular weight excluding hydrogens is 374 g/mol. The number of imidazole rings is 1. The highest BCUT2D eigenvalue weighted by Gasteiger charge is 2.39. The third-order valence-corrected chi connectivity index (χ3v) is 5.51. The summed E-state index contributed by atoms with van der Waals surface area (Å²) in [5, 5.41) is 0. The highest BCUT2D eigenvalue weighted by molar-refractivity contribution is 5.96. The van der Waals surface area contributed by atoms with E-state index in [1.807, 2.05) is 24.3 Å². The van der Waals surface area contributed by atoms with E-state index in [0.717, 1.165) is 22.7 Å². The summed E-state index contributed by atoms with van der Waals surface area (Å²) in [6.45, 7) is 1.80. The molecule has 5 rings (SSSR count). The molecule has 4 aromatic rings. The molecule has 0 saturated carbocycles. The fourth-order valence-electron chi connectivity index (χ4n) is 3.94. The number of para-hydroxylation sites is 2. The van der Waals surface area contributed by atoms with Crippen LogP contribution in [0.1, 0.15) is 35.6 Å². The van der Waals surface area contributed by atoms with Gasteiger partial charge in [0.05, 0.1) is 22.6 Å². The lowest BCUT2D eigenvalue weighted by Gasteiger charge is -2.12. The number of carbonyl (C=O) groups is 1. The average molecular weight is 390 g/mol. The zero-order chi connectivity index (χ0) is 20.1. The standard InChI is InChI=1S/C22H16F2N4O/c1-12-16-10-25-22(28-11-26-18-4-2-3-5-19(18)28)27-20(16)15(21(12)29)8-13-6-7-14(23)9-17(13)24/h2-7,9-12,15H,8H2,1H3. The van der Waals surface area contributed by atoms with Gasteiger partial charge in [-0.25, -0.2) is 23.7 Å². The predicted octanol–water partition coefficient (Wildman–Crippen LogP) is 4.11. The number of nitrogens with zero attached hydrogens (tertiary/aromatic N) is 4. The Morgan fingerprint density at radius 3 is 2.76 bits per heavy atom. The molecule has 0 amide bonds.